The summed E-state index contributed by atoms with van der Waals surface area (Å²) in [5.41, 5.74) is -3.88. The van der Waals surface area contributed by atoms with Gasteiger partial charge in [-0.3, -0.25) is 9.80 Å². The Morgan fingerprint density at radius 1 is 0.951 bits per heavy atom. The molecular weight excluding hydrogens is 579 g/mol. The Labute approximate surface area is 227 Å². The second-order valence-corrected chi connectivity index (χ2v) is 8.79. The molecule has 2 amide bonds. The lowest BCUT2D eigenvalue weighted by molar-refractivity contribution is -0.274. The number of halogens is 9. The minimum Gasteiger partial charge on any atom is -0.449 e. The fraction of sp³-hybridized carbons (Fsp3) is 0.440. The molecule has 1 aliphatic heterocycles. The van der Waals surface area contributed by atoms with Crippen LogP contribution in [0.4, 0.5) is 54.8 Å². The van der Waals surface area contributed by atoms with Gasteiger partial charge in [-0.1, -0.05) is 0 Å². The Kier molecular flexibility index (Phi) is 8.93. The van der Waals surface area contributed by atoms with Gasteiger partial charge in [-0.25, -0.2) is 9.59 Å². The molecule has 226 valence electrons. The number of nitrogens with zero attached hydrogens (tertiary/aromatic N) is 2. The van der Waals surface area contributed by atoms with E-state index in [1.807, 2.05) is 0 Å². The molecule has 0 N–H and O–H groups in total. The molecule has 0 unspecified atom stereocenters. The molecule has 1 fully saturated rings. The molecule has 1 saturated heterocycles. The van der Waals surface area contributed by atoms with Crippen LogP contribution in [-0.4, -0.2) is 42.6 Å². The summed E-state index contributed by atoms with van der Waals surface area (Å²) in [7, 11) is 0. The highest BCUT2D eigenvalue weighted by Gasteiger charge is 2.43. The fourth-order valence-corrected chi connectivity index (χ4v) is 4.23. The molecule has 2 aromatic carbocycles. The zero-order valence-electron chi connectivity index (χ0n) is 21.6. The van der Waals surface area contributed by atoms with Gasteiger partial charge in [0.25, 0.3) is 0 Å². The van der Waals surface area contributed by atoms with Gasteiger partial charge in [0.15, 0.2) is 0 Å². The molecule has 2 atom stereocenters. The molecule has 0 spiro atoms. The van der Waals surface area contributed by atoms with Gasteiger partial charge in [0.2, 0.25) is 0 Å². The van der Waals surface area contributed by atoms with Crippen LogP contribution in [0.5, 0.6) is 5.75 Å². The molecule has 1 heterocycles. The zero-order valence-corrected chi connectivity index (χ0v) is 21.6. The lowest BCUT2D eigenvalue weighted by atomic mass is 9.97. The van der Waals surface area contributed by atoms with E-state index in [-0.39, 0.29) is 30.5 Å². The second-order valence-electron chi connectivity index (χ2n) is 8.79. The van der Waals surface area contributed by atoms with Crippen LogP contribution in [0.15, 0.2) is 36.4 Å². The van der Waals surface area contributed by atoms with E-state index in [1.54, 1.807) is 0 Å². The van der Waals surface area contributed by atoms with Crippen LogP contribution in [0.3, 0.4) is 0 Å². The fourth-order valence-electron chi connectivity index (χ4n) is 4.23. The Morgan fingerprint density at radius 2 is 1.54 bits per heavy atom. The van der Waals surface area contributed by atoms with Crippen molar-refractivity contribution in [2.24, 2.45) is 0 Å². The monoisotopic (exact) mass is 602 g/mol. The third kappa shape index (κ3) is 7.47. The van der Waals surface area contributed by atoms with Gasteiger partial charge in [0.05, 0.1) is 36.0 Å². The van der Waals surface area contributed by atoms with Gasteiger partial charge in [0, 0.05) is 6.54 Å². The van der Waals surface area contributed by atoms with Gasteiger partial charge < -0.3 is 14.2 Å². The molecule has 3 rings (SSSR count). The van der Waals surface area contributed by atoms with Crippen molar-refractivity contribution in [2.45, 2.75) is 58.2 Å². The Bertz CT molecular complexity index is 1250. The zero-order chi connectivity index (χ0) is 30.9. The normalized spacial score (nSPS) is 17.9. The summed E-state index contributed by atoms with van der Waals surface area (Å²) >= 11 is 0. The van der Waals surface area contributed by atoms with Crippen molar-refractivity contribution in [1.29, 1.82) is 0 Å². The third-order valence-corrected chi connectivity index (χ3v) is 6.05. The van der Waals surface area contributed by atoms with Crippen LogP contribution in [0.1, 0.15) is 49.1 Å². The maximum Gasteiger partial charge on any atom is 0.573 e. The van der Waals surface area contributed by atoms with Crippen LogP contribution in [0.25, 0.3) is 0 Å². The SMILES string of the molecule is CCOC(=O)N(CC)c1ccc(OC(F)(F)F)cc1CN1C(=O)O[C@H](c2cc(C(F)(F)F)cc(C(F)(F)F)c2)[C@@H]1C. The van der Waals surface area contributed by atoms with Gasteiger partial charge in [0.1, 0.15) is 11.9 Å². The number of cyclic esters (lactones) is 1. The predicted octanol–water partition coefficient (Wildman–Crippen LogP) is 7.69. The lowest BCUT2D eigenvalue weighted by Gasteiger charge is -2.27. The first kappa shape index (κ1) is 31.7. The molecule has 0 aromatic heterocycles. The van der Waals surface area contributed by atoms with Gasteiger partial charge >= 0.3 is 30.9 Å². The molecule has 1 aliphatic rings. The quantitative estimate of drug-likeness (QED) is 0.304. The smallest absolute Gasteiger partial charge is 0.449 e. The van der Waals surface area contributed by atoms with Crippen LogP contribution in [-0.2, 0) is 28.4 Å². The van der Waals surface area contributed by atoms with Crippen molar-refractivity contribution in [3.05, 3.63) is 58.7 Å². The molecule has 16 heteroatoms. The maximum atomic E-state index is 13.4. The third-order valence-electron chi connectivity index (χ3n) is 6.05. The summed E-state index contributed by atoms with van der Waals surface area (Å²) in [6, 6.07) is 2.52. The van der Waals surface area contributed by atoms with E-state index in [2.05, 4.69) is 4.74 Å². The van der Waals surface area contributed by atoms with E-state index in [9.17, 15) is 49.1 Å². The number of benzene rings is 2. The van der Waals surface area contributed by atoms with Crippen molar-refractivity contribution >= 4 is 17.9 Å². The molecule has 0 bridgehead atoms. The summed E-state index contributed by atoms with van der Waals surface area (Å²) in [4.78, 5) is 27.2. The van der Waals surface area contributed by atoms with E-state index in [4.69, 9.17) is 9.47 Å². The van der Waals surface area contributed by atoms with Crippen molar-refractivity contribution < 1.29 is 63.3 Å². The van der Waals surface area contributed by atoms with Gasteiger partial charge in [-0.2, -0.15) is 26.3 Å². The second kappa shape index (κ2) is 11.6. The molecule has 0 saturated carbocycles. The molecule has 0 radical (unpaired) electrons. The maximum absolute atomic E-state index is 13.4. The van der Waals surface area contributed by atoms with Gasteiger partial charge in [-0.05, 0) is 68.3 Å². The number of hydrogen-bond donors (Lipinski definition) is 0. The molecule has 41 heavy (non-hydrogen) atoms. The minimum atomic E-state index is -5.15. The molecule has 2 aromatic rings. The van der Waals surface area contributed by atoms with E-state index in [0.29, 0.717) is 12.1 Å². The number of carbonyl (C=O) groups is 2. The summed E-state index contributed by atoms with van der Waals surface area (Å²) in [5.74, 6) is -0.708. The predicted molar refractivity (Wildman–Crippen MR) is 124 cm³/mol. The largest absolute Gasteiger partial charge is 0.573 e. The van der Waals surface area contributed by atoms with Gasteiger partial charge in [-0.15, -0.1) is 13.2 Å². The van der Waals surface area contributed by atoms with Crippen LogP contribution in [0, 0.1) is 0 Å². The van der Waals surface area contributed by atoms with Crippen molar-refractivity contribution in [1.82, 2.24) is 4.90 Å². The van der Waals surface area contributed by atoms with E-state index in [1.165, 1.54) is 20.8 Å². The average molecular weight is 602 g/mol. The van der Waals surface area contributed by atoms with Crippen LogP contribution >= 0.6 is 0 Å². The Morgan fingerprint density at radius 3 is 2.02 bits per heavy atom. The first-order chi connectivity index (χ1) is 18.9. The first-order valence-electron chi connectivity index (χ1n) is 11.9. The Balaban J connectivity index is 2.04. The van der Waals surface area contributed by atoms with E-state index >= 15 is 0 Å². The highest BCUT2D eigenvalue weighted by molar-refractivity contribution is 5.89. The summed E-state index contributed by atoms with van der Waals surface area (Å²) in [6.07, 6.45) is -19.0. The van der Waals surface area contributed by atoms with Crippen LogP contribution < -0.4 is 9.64 Å². The number of hydrogen-bond acceptors (Lipinski definition) is 5. The highest BCUT2D eigenvalue weighted by Crippen LogP contribution is 2.41. The highest BCUT2D eigenvalue weighted by atomic mass is 19.4. The van der Waals surface area contributed by atoms with Crippen molar-refractivity contribution in [2.75, 3.05) is 18.1 Å². The van der Waals surface area contributed by atoms with Crippen molar-refractivity contribution in [3.63, 3.8) is 0 Å². The lowest BCUT2D eigenvalue weighted by Crippen LogP contribution is -2.35. The van der Waals surface area contributed by atoms with E-state index in [0.717, 1.165) is 28.0 Å². The summed E-state index contributed by atoms with van der Waals surface area (Å²) in [6.45, 7) is 3.73. The topological polar surface area (TPSA) is 68.3 Å². The number of rotatable bonds is 7. The number of carbonyl (C=O) groups excluding carboxylic acids is 2. The number of amides is 2. The minimum absolute atomic E-state index is 0.0155. The number of alkyl halides is 9. The number of anilines is 1. The average Bonchev–Trinajstić information content (AvgIpc) is 3.12. The van der Waals surface area contributed by atoms with Crippen LogP contribution in [0.2, 0.25) is 0 Å². The standard InChI is InChI=1S/C25H23F9N2O5/c1-4-35(21(37)39-5-2)19-7-6-18(41-25(32,33)34)10-15(19)12-36-13(3)20(40-22(36)38)14-8-16(23(26,27)28)11-17(9-14)24(29,30)31/h6-11,13,20H,4-5,12H2,1-3H3/t13-,20-/m0/s1. The Hall–Kier alpha value is -3.85. The molecular formula is C25H23F9N2O5. The summed E-state index contributed by atoms with van der Waals surface area (Å²) in [5, 5.41) is 0. The molecule has 0 aliphatic carbocycles. The number of ether oxygens (including phenoxy) is 3. The van der Waals surface area contributed by atoms with E-state index < -0.39 is 72.0 Å². The summed E-state index contributed by atoms with van der Waals surface area (Å²) < 4.78 is 133. The van der Waals surface area contributed by atoms with Crippen molar-refractivity contribution in [3.8, 4) is 5.75 Å². The first-order valence-corrected chi connectivity index (χ1v) is 11.9. The molecule has 7 nitrogen and oxygen atoms in total.